The van der Waals surface area contributed by atoms with E-state index >= 15 is 0 Å². The number of allylic oxidation sites excluding steroid dienone is 1. The van der Waals surface area contributed by atoms with Crippen LogP contribution in [0.1, 0.15) is 24.1 Å². The van der Waals surface area contributed by atoms with E-state index in [4.69, 9.17) is 30.9 Å². The number of rotatable bonds is 9. The zero-order valence-corrected chi connectivity index (χ0v) is 21.5. The first kappa shape index (κ1) is 26.3. The number of thiazole rings is 1. The highest BCUT2D eigenvalue weighted by atomic mass is 35.5. The van der Waals surface area contributed by atoms with Crippen LogP contribution in [-0.2, 0) is 19.1 Å². The fourth-order valence-electron chi connectivity index (χ4n) is 3.80. The van der Waals surface area contributed by atoms with E-state index in [0.717, 1.165) is 0 Å². The number of benzene rings is 2. The van der Waals surface area contributed by atoms with Gasteiger partial charge in [-0.05, 0) is 48.4 Å². The van der Waals surface area contributed by atoms with Crippen molar-refractivity contribution < 1.29 is 28.9 Å². The second-order valence-electron chi connectivity index (χ2n) is 8.01. The molecule has 0 spiro atoms. The minimum absolute atomic E-state index is 0.0655. The van der Waals surface area contributed by atoms with Gasteiger partial charge in [-0.3, -0.25) is 9.36 Å². The summed E-state index contributed by atoms with van der Waals surface area (Å²) in [4.78, 5) is 42.4. The summed E-state index contributed by atoms with van der Waals surface area (Å²) in [5.74, 6) is -1.25. The van der Waals surface area contributed by atoms with Crippen LogP contribution in [-0.4, -0.2) is 48.5 Å². The zero-order valence-electron chi connectivity index (χ0n) is 20.0. The van der Waals surface area contributed by atoms with Gasteiger partial charge in [-0.2, -0.15) is 0 Å². The Morgan fingerprint density at radius 3 is 2.49 bits per heavy atom. The monoisotopic (exact) mass is 542 g/mol. The highest BCUT2D eigenvalue weighted by Gasteiger charge is 2.33. The number of esters is 1. The van der Waals surface area contributed by atoms with E-state index < -0.39 is 24.6 Å². The lowest BCUT2D eigenvalue weighted by Crippen LogP contribution is -2.40. The quantitative estimate of drug-likeness (QED) is 0.326. The van der Waals surface area contributed by atoms with Gasteiger partial charge in [-0.15, -0.1) is 0 Å². The van der Waals surface area contributed by atoms with Crippen molar-refractivity contribution in [2.75, 3.05) is 26.9 Å². The molecule has 0 saturated carbocycles. The number of hydrogen-bond acceptors (Lipinski definition) is 8. The summed E-state index contributed by atoms with van der Waals surface area (Å²) < 4.78 is 17.4. The molecule has 0 radical (unpaired) electrons. The molecular formula is C26H23ClN2O7S. The third-order valence-corrected chi connectivity index (χ3v) is 6.72. The summed E-state index contributed by atoms with van der Waals surface area (Å²) in [6.07, 6.45) is 1.71. The predicted molar refractivity (Wildman–Crippen MR) is 138 cm³/mol. The van der Waals surface area contributed by atoms with Gasteiger partial charge in [-0.25, -0.2) is 14.6 Å². The van der Waals surface area contributed by atoms with Crippen LogP contribution in [0.15, 0.2) is 69.6 Å². The Kier molecular flexibility index (Phi) is 8.22. The number of hydrogen-bond donors (Lipinski definition) is 1. The van der Waals surface area contributed by atoms with Crippen LogP contribution in [0.2, 0.25) is 5.02 Å². The number of carbonyl (C=O) groups is 2. The lowest BCUT2D eigenvalue weighted by Gasteiger charge is -2.24. The third kappa shape index (κ3) is 5.99. The largest absolute Gasteiger partial charge is 0.482 e. The molecule has 1 aliphatic heterocycles. The van der Waals surface area contributed by atoms with E-state index in [2.05, 4.69) is 4.99 Å². The van der Waals surface area contributed by atoms with E-state index in [9.17, 15) is 14.4 Å². The highest BCUT2D eigenvalue weighted by Crippen LogP contribution is 2.31. The molecule has 0 bridgehead atoms. The van der Waals surface area contributed by atoms with Gasteiger partial charge in [0.05, 0.1) is 28.5 Å². The van der Waals surface area contributed by atoms with Gasteiger partial charge in [-0.1, -0.05) is 47.2 Å². The average molecular weight is 543 g/mol. The molecule has 1 aliphatic rings. The number of fused-ring (bicyclic) bond motifs is 1. The van der Waals surface area contributed by atoms with Crippen molar-refractivity contribution in [2.45, 2.75) is 13.0 Å². The zero-order chi connectivity index (χ0) is 26.5. The van der Waals surface area contributed by atoms with E-state index in [1.807, 2.05) is 0 Å². The third-order valence-electron chi connectivity index (χ3n) is 5.49. The maximum atomic E-state index is 13.6. The molecule has 1 N–H and O–H groups in total. The molecule has 0 amide bonds. The minimum Gasteiger partial charge on any atom is -0.482 e. The van der Waals surface area contributed by atoms with E-state index in [-0.39, 0.29) is 24.3 Å². The molecule has 1 unspecified atom stereocenters. The Bertz CT molecular complexity index is 1520. The molecule has 4 rings (SSSR count). The Morgan fingerprint density at radius 2 is 1.84 bits per heavy atom. The summed E-state index contributed by atoms with van der Waals surface area (Å²) in [5.41, 5.74) is 1.80. The van der Waals surface area contributed by atoms with Crippen molar-refractivity contribution in [3.05, 3.63) is 95.6 Å². The van der Waals surface area contributed by atoms with Crippen LogP contribution in [0.25, 0.3) is 6.08 Å². The summed E-state index contributed by atoms with van der Waals surface area (Å²) in [6, 6.07) is 12.9. The SMILES string of the molecule is COCCOC(=O)C1=C(C)N=c2sc(=Cc3ccc(OCC(=O)O)cc3)c(=O)n2C1c1ccc(Cl)cc1. The molecule has 1 atom stereocenters. The van der Waals surface area contributed by atoms with E-state index in [1.165, 1.54) is 23.0 Å². The molecular weight excluding hydrogens is 520 g/mol. The molecule has 9 nitrogen and oxygen atoms in total. The first-order valence-electron chi connectivity index (χ1n) is 11.2. The van der Waals surface area contributed by atoms with Crippen molar-refractivity contribution in [1.29, 1.82) is 0 Å². The number of carboxylic acid groups (broad SMARTS) is 1. The lowest BCUT2D eigenvalue weighted by molar-refractivity contribution is -0.141. The Balaban J connectivity index is 1.77. The predicted octanol–water partition coefficient (Wildman–Crippen LogP) is 2.54. The summed E-state index contributed by atoms with van der Waals surface area (Å²) in [7, 11) is 1.51. The number of nitrogens with zero attached hydrogens (tertiary/aromatic N) is 2. The number of carboxylic acids is 1. The van der Waals surface area contributed by atoms with Gasteiger partial charge < -0.3 is 19.3 Å². The Hall–Kier alpha value is -3.73. The van der Waals surface area contributed by atoms with Crippen molar-refractivity contribution in [2.24, 2.45) is 4.99 Å². The summed E-state index contributed by atoms with van der Waals surface area (Å²) >= 11 is 7.29. The van der Waals surface area contributed by atoms with Crippen LogP contribution in [0, 0.1) is 0 Å². The van der Waals surface area contributed by atoms with Crippen molar-refractivity contribution in [3.63, 3.8) is 0 Å². The molecule has 37 heavy (non-hydrogen) atoms. The summed E-state index contributed by atoms with van der Waals surface area (Å²) in [6.45, 7) is 1.57. The van der Waals surface area contributed by atoms with Crippen LogP contribution in [0.5, 0.6) is 5.75 Å². The highest BCUT2D eigenvalue weighted by molar-refractivity contribution is 7.07. The smallest absolute Gasteiger partial charge is 0.341 e. The van der Waals surface area contributed by atoms with Crippen LogP contribution in [0.3, 0.4) is 0 Å². The average Bonchev–Trinajstić information content (AvgIpc) is 3.17. The standard InChI is InChI=1S/C26H23ClN2O7S/c1-15-22(25(33)35-12-11-34-2)23(17-5-7-18(27)8-6-17)29-24(32)20(37-26(29)28-15)13-16-3-9-19(10-4-16)36-14-21(30)31/h3-10,13,23H,11-12,14H2,1-2H3,(H,30,31). The fourth-order valence-corrected chi connectivity index (χ4v) is 4.97. The first-order chi connectivity index (χ1) is 17.8. The minimum atomic E-state index is -1.07. The number of aromatic nitrogens is 1. The molecule has 1 aromatic heterocycles. The maximum absolute atomic E-state index is 13.6. The number of ether oxygens (including phenoxy) is 3. The van der Waals surface area contributed by atoms with Gasteiger partial charge in [0.2, 0.25) is 0 Å². The van der Waals surface area contributed by atoms with E-state index in [0.29, 0.717) is 36.9 Å². The number of aliphatic carboxylic acids is 1. The van der Waals surface area contributed by atoms with Crippen LogP contribution >= 0.6 is 22.9 Å². The summed E-state index contributed by atoms with van der Waals surface area (Å²) in [5, 5.41) is 9.28. The van der Waals surface area contributed by atoms with Crippen LogP contribution in [0.4, 0.5) is 0 Å². The molecule has 11 heteroatoms. The Labute approximate surface area is 220 Å². The molecule has 0 saturated heterocycles. The Morgan fingerprint density at radius 1 is 1.14 bits per heavy atom. The molecule has 3 aromatic rings. The van der Waals surface area contributed by atoms with Gasteiger partial charge in [0.15, 0.2) is 11.4 Å². The normalized spacial score (nSPS) is 15.2. The molecule has 0 aliphatic carbocycles. The molecule has 0 fully saturated rings. The number of halogens is 1. The van der Waals surface area contributed by atoms with Crippen molar-refractivity contribution in [1.82, 2.24) is 4.57 Å². The maximum Gasteiger partial charge on any atom is 0.341 e. The molecule has 192 valence electrons. The fraction of sp³-hybridized carbons (Fsp3) is 0.231. The van der Waals surface area contributed by atoms with E-state index in [1.54, 1.807) is 61.5 Å². The number of methoxy groups -OCH3 is 1. The second-order valence-corrected chi connectivity index (χ2v) is 9.46. The molecule has 2 aromatic carbocycles. The van der Waals surface area contributed by atoms with Crippen molar-refractivity contribution in [3.8, 4) is 5.75 Å². The number of carbonyl (C=O) groups excluding carboxylic acids is 1. The van der Waals surface area contributed by atoms with Gasteiger partial charge in [0.25, 0.3) is 5.56 Å². The first-order valence-corrected chi connectivity index (χ1v) is 12.4. The van der Waals surface area contributed by atoms with Crippen LogP contribution < -0.4 is 19.6 Å². The van der Waals surface area contributed by atoms with Gasteiger partial charge in [0, 0.05) is 12.1 Å². The lowest BCUT2D eigenvalue weighted by atomic mass is 9.96. The van der Waals surface area contributed by atoms with Crippen molar-refractivity contribution >= 4 is 41.0 Å². The second kappa shape index (κ2) is 11.5. The molecule has 2 heterocycles. The topological polar surface area (TPSA) is 116 Å². The van der Waals surface area contributed by atoms with Gasteiger partial charge in [0.1, 0.15) is 12.4 Å². The van der Waals surface area contributed by atoms with Gasteiger partial charge >= 0.3 is 11.9 Å².